The average Bonchev–Trinajstić information content (AvgIpc) is 3.66. The van der Waals surface area contributed by atoms with Crippen LogP contribution in [0.2, 0.25) is 10.0 Å². The van der Waals surface area contributed by atoms with Crippen LogP contribution < -0.4 is 9.60 Å². The largest absolute Gasteiger partial charge is 0.292 e. The van der Waals surface area contributed by atoms with Crippen LogP contribution in [0.25, 0.3) is 11.4 Å². The van der Waals surface area contributed by atoms with Gasteiger partial charge < -0.3 is 0 Å². The van der Waals surface area contributed by atoms with Crippen molar-refractivity contribution < 1.29 is 9.59 Å². The van der Waals surface area contributed by atoms with Crippen LogP contribution in [0.3, 0.4) is 0 Å². The first kappa shape index (κ1) is 32.2. The van der Waals surface area contributed by atoms with E-state index in [2.05, 4.69) is 10.2 Å². The predicted octanol–water partition coefficient (Wildman–Crippen LogP) is 9.16. The predicted molar refractivity (Wildman–Crippen MR) is 188 cm³/mol. The topological polar surface area (TPSA) is 94.5 Å². The molecule has 2 aromatic heterocycles. The summed E-state index contributed by atoms with van der Waals surface area (Å²) in [6.45, 7) is 2.97. The highest BCUT2D eigenvalue weighted by molar-refractivity contribution is 8.76. The van der Waals surface area contributed by atoms with E-state index >= 15 is 0 Å². The molecule has 4 aromatic carbocycles. The molecule has 6 rings (SSSR count). The quantitative estimate of drug-likeness (QED) is 0.109. The lowest BCUT2D eigenvalue weighted by Crippen LogP contribution is -2.14. The summed E-state index contributed by atoms with van der Waals surface area (Å²) in [5.41, 5.74) is 2.85. The van der Waals surface area contributed by atoms with Crippen LogP contribution in [-0.2, 0) is 0 Å². The summed E-state index contributed by atoms with van der Waals surface area (Å²) < 4.78 is 3.27. The number of rotatable bonds is 9. The van der Waals surface area contributed by atoms with Gasteiger partial charge in [-0.15, -0.1) is 0 Å². The number of carbonyl (C=O) groups excluding carboxylic acids is 2. The number of para-hydroxylation sites is 2. The summed E-state index contributed by atoms with van der Waals surface area (Å²) in [7, 11) is 3.07. The second-order valence-corrected chi connectivity index (χ2v) is 14.6. The van der Waals surface area contributed by atoms with Crippen LogP contribution in [0.15, 0.2) is 117 Å². The van der Waals surface area contributed by atoms with E-state index < -0.39 is 0 Å². The highest BCUT2D eigenvalue weighted by Crippen LogP contribution is 2.44. The highest BCUT2D eigenvalue weighted by Gasteiger charge is 2.15. The number of Topliss-reactive ketones (excluding diaryl/α,β-unsaturated/α-hetero) is 2. The molecule has 0 atom stereocenters. The van der Waals surface area contributed by atoms with Gasteiger partial charge in [-0.3, -0.25) is 9.59 Å². The summed E-state index contributed by atoms with van der Waals surface area (Å²) in [5.74, 6) is -0.289. The maximum Gasteiger partial charge on any atom is 0.213 e. The Labute approximate surface area is 289 Å². The normalized spacial score (nSPS) is 12.1. The van der Waals surface area contributed by atoms with Crippen molar-refractivity contribution in [3.63, 3.8) is 0 Å². The van der Waals surface area contributed by atoms with Crippen LogP contribution in [-0.4, -0.2) is 31.1 Å². The molecule has 8 nitrogen and oxygen atoms in total. The van der Waals surface area contributed by atoms with Gasteiger partial charge in [0.05, 0.1) is 22.7 Å². The molecular weight excluding hydrogens is 700 g/mol. The molecule has 0 fully saturated rings. The molecular formula is C32H22Cl2N6O2S4. The van der Waals surface area contributed by atoms with Crippen molar-refractivity contribution in [3.05, 3.63) is 127 Å². The van der Waals surface area contributed by atoms with Gasteiger partial charge in [-0.05, 0) is 60.7 Å². The first-order chi connectivity index (χ1) is 22.2. The molecule has 0 aliphatic rings. The minimum Gasteiger partial charge on any atom is -0.292 e. The highest BCUT2D eigenvalue weighted by atomic mass is 35.5. The Morgan fingerprint density at radius 1 is 0.630 bits per heavy atom. The van der Waals surface area contributed by atoms with E-state index in [-0.39, 0.29) is 11.6 Å². The molecule has 0 N–H and O–H groups in total. The Hall–Kier alpha value is -3.78. The van der Waals surface area contributed by atoms with Crippen molar-refractivity contribution in [3.8, 4) is 11.4 Å². The Morgan fingerprint density at radius 3 is 1.43 bits per heavy atom. The molecule has 230 valence electrons. The maximum absolute atomic E-state index is 12.2. The van der Waals surface area contributed by atoms with E-state index in [1.165, 1.54) is 58.1 Å². The number of carbonyl (C=O) groups is 2. The first-order valence-corrected chi connectivity index (χ1v) is 18.1. The van der Waals surface area contributed by atoms with E-state index in [0.717, 1.165) is 21.2 Å². The van der Waals surface area contributed by atoms with Gasteiger partial charge in [0, 0.05) is 33.7 Å². The molecule has 14 heteroatoms. The molecule has 0 aliphatic heterocycles. The van der Waals surface area contributed by atoms with Crippen LogP contribution in [0.1, 0.15) is 33.5 Å². The third-order valence-electron chi connectivity index (χ3n) is 6.21. The van der Waals surface area contributed by atoms with E-state index in [1.54, 1.807) is 33.6 Å². The molecule has 46 heavy (non-hydrogen) atoms. The van der Waals surface area contributed by atoms with Gasteiger partial charge in [-0.1, -0.05) is 104 Å². The van der Waals surface area contributed by atoms with E-state index in [1.807, 2.05) is 72.8 Å². The molecule has 0 saturated carbocycles. The van der Waals surface area contributed by atoms with Crippen molar-refractivity contribution in [2.45, 2.75) is 23.6 Å². The summed E-state index contributed by atoms with van der Waals surface area (Å²) in [6.07, 6.45) is 0. The smallest absolute Gasteiger partial charge is 0.213 e. The van der Waals surface area contributed by atoms with Gasteiger partial charge in [-0.2, -0.15) is 10.2 Å². The van der Waals surface area contributed by atoms with Gasteiger partial charge in [0.15, 0.2) is 21.6 Å². The zero-order chi connectivity index (χ0) is 32.2. The van der Waals surface area contributed by atoms with Gasteiger partial charge in [0.25, 0.3) is 0 Å². The second kappa shape index (κ2) is 14.3. The Balaban J connectivity index is 1.36. The third kappa shape index (κ3) is 7.43. The van der Waals surface area contributed by atoms with Crippen LogP contribution in [0.5, 0.6) is 0 Å². The Kier molecular flexibility index (Phi) is 10.0. The zero-order valence-corrected chi connectivity index (χ0v) is 28.9. The van der Waals surface area contributed by atoms with Crippen LogP contribution in [0.4, 0.5) is 11.4 Å². The number of nitrogens with zero attached hydrogens (tertiary/aromatic N) is 6. The minimum atomic E-state index is -0.145. The van der Waals surface area contributed by atoms with Crippen molar-refractivity contribution in [2.75, 3.05) is 0 Å². The maximum atomic E-state index is 12.2. The Bertz CT molecular complexity index is 2080. The number of hydrogen-bond donors (Lipinski definition) is 0. The molecule has 0 radical (unpaired) electrons. The summed E-state index contributed by atoms with van der Waals surface area (Å²) >= 11 is 14.9. The van der Waals surface area contributed by atoms with E-state index in [0.29, 0.717) is 41.0 Å². The number of benzene rings is 4. The molecule has 2 heterocycles. The zero-order valence-electron chi connectivity index (χ0n) is 24.1. The van der Waals surface area contributed by atoms with Gasteiger partial charge in [0.2, 0.25) is 9.60 Å². The Morgan fingerprint density at radius 2 is 1.04 bits per heavy atom. The van der Waals surface area contributed by atoms with Gasteiger partial charge in [0.1, 0.15) is 0 Å². The van der Waals surface area contributed by atoms with Crippen LogP contribution >= 0.6 is 67.5 Å². The molecule has 0 bridgehead atoms. The van der Waals surface area contributed by atoms with Gasteiger partial charge >= 0.3 is 0 Å². The minimum absolute atomic E-state index is 0.145. The fourth-order valence-electron chi connectivity index (χ4n) is 4.08. The monoisotopic (exact) mass is 720 g/mol. The fraction of sp³-hybridized carbons (Fsp3) is 0.0625. The fourth-order valence-corrected chi connectivity index (χ4v) is 8.31. The molecule has 6 aromatic rings. The molecule has 0 unspecified atom stereocenters. The lowest BCUT2D eigenvalue weighted by atomic mass is 10.3. The lowest BCUT2D eigenvalue weighted by Gasteiger charge is -2.07. The molecule has 0 aliphatic carbocycles. The van der Waals surface area contributed by atoms with Crippen molar-refractivity contribution in [2.24, 2.45) is 9.98 Å². The number of ketones is 2. The molecule has 0 saturated heterocycles. The molecule has 0 spiro atoms. The summed E-state index contributed by atoms with van der Waals surface area (Å²) in [4.78, 5) is 37.2. The molecule has 0 amide bonds. The van der Waals surface area contributed by atoms with Crippen molar-refractivity contribution in [1.29, 1.82) is 0 Å². The summed E-state index contributed by atoms with van der Waals surface area (Å²) in [6, 6.07) is 30.0. The van der Waals surface area contributed by atoms with Gasteiger partial charge in [-0.25, -0.2) is 19.3 Å². The summed E-state index contributed by atoms with van der Waals surface area (Å²) in [5, 5.41) is 10.8. The van der Waals surface area contributed by atoms with Crippen molar-refractivity contribution >= 4 is 90.4 Å². The number of halogens is 2. The van der Waals surface area contributed by atoms with E-state index in [9.17, 15) is 9.59 Å². The second-order valence-electron chi connectivity index (χ2n) is 9.60. The van der Waals surface area contributed by atoms with E-state index in [4.69, 9.17) is 33.2 Å². The van der Waals surface area contributed by atoms with Crippen molar-refractivity contribution in [1.82, 2.24) is 19.6 Å². The number of hydrogen-bond acceptors (Lipinski definition) is 10. The standard InChI is InChI=1S/C32H22Cl2N6O2S4/c1-19(41)29-37-39(23-11-7-9-21(33)17-23)31(43-29)35-25-13-3-5-15-27(25)45-46-28-16-6-4-14-26(28)36-32-40(38-30(44-32)20(2)42)24-12-8-10-22(34)18-24/h3-18H,1-2H3. The SMILES string of the molecule is CC(=O)c1nn(-c2cccc(Cl)c2)c(=Nc2ccccc2SSc2ccccc2N=c2sc(C(C)=O)nn2-c2cccc(Cl)c2)s1. The average molecular weight is 722 g/mol. The number of aromatic nitrogens is 4. The first-order valence-electron chi connectivity index (χ1n) is 13.6. The van der Waals surface area contributed by atoms with Crippen LogP contribution in [0, 0.1) is 0 Å². The lowest BCUT2D eigenvalue weighted by molar-refractivity contribution is 0.100. The third-order valence-corrected chi connectivity index (χ3v) is 11.2.